The molecule has 0 aliphatic heterocycles. The van der Waals surface area contributed by atoms with Crippen LogP contribution in [0.4, 0.5) is 0 Å². The molecule has 0 radical (unpaired) electrons. The van der Waals surface area contributed by atoms with E-state index >= 15 is 0 Å². The molecule has 0 fully saturated rings. The predicted molar refractivity (Wildman–Crippen MR) is 85.0 cm³/mol. The summed E-state index contributed by atoms with van der Waals surface area (Å²) in [7, 11) is 3.70. The Balaban J connectivity index is 2.69. The molecule has 0 saturated carbocycles. The number of hydrogen-bond donors (Lipinski definition) is 0. The molecule has 0 bridgehead atoms. The van der Waals surface area contributed by atoms with Crippen LogP contribution < -0.4 is 0 Å². The van der Waals surface area contributed by atoms with Crippen molar-refractivity contribution in [3.8, 4) is 0 Å². The van der Waals surface area contributed by atoms with Gasteiger partial charge in [-0.1, -0.05) is 79.6 Å². The average molecular weight is 284 g/mol. The first-order valence-electron chi connectivity index (χ1n) is 6.47. The van der Waals surface area contributed by atoms with Crippen LogP contribution in [0.2, 0.25) is 0 Å². The van der Waals surface area contributed by atoms with E-state index < -0.39 is 0 Å². The summed E-state index contributed by atoms with van der Waals surface area (Å²) in [6.45, 7) is 11.0. The molecule has 0 saturated heterocycles. The summed E-state index contributed by atoms with van der Waals surface area (Å²) in [4.78, 5) is 0. The summed E-state index contributed by atoms with van der Waals surface area (Å²) in [5, 5.41) is 0. The van der Waals surface area contributed by atoms with E-state index in [-0.39, 0.29) is 10.2 Å². The average Bonchev–Trinajstić information content (AvgIpc) is 2.34. The first-order valence-corrected chi connectivity index (χ1v) is 8.68. The Morgan fingerprint density at radius 2 is 1.78 bits per heavy atom. The van der Waals surface area contributed by atoms with Gasteiger partial charge in [-0.2, -0.15) is 0 Å². The Labute approximate surface area is 119 Å². The zero-order valence-corrected chi connectivity index (χ0v) is 13.6. The maximum atomic E-state index is 6.12. The maximum absolute atomic E-state index is 6.12. The second kappa shape index (κ2) is 7.46. The van der Waals surface area contributed by atoms with Crippen LogP contribution in [0, 0.1) is 0 Å². The van der Waals surface area contributed by atoms with E-state index in [0.29, 0.717) is 6.10 Å². The molecule has 1 rings (SSSR count). The normalized spacial score (nSPS) is 15.4. The molecule has 1 aromatic carbocycles. The Hall–Kier alpha value is -0.120. The minimum Gasteiger partial charge on any atom is -0.359 e. The Morgan fingerprint density at radius 1 is 1.17 bits per heavy atom. The lowest BCUT2D eigenvalue weighted by molar-refractivity contribution is 0.0454. The quantitative estimate of drug-likeness (QED) is 0.491. The van der Waals surface area contributed by atoms with Gasteiger partial charge in [0.15, 0.2) is 0 Å². The van der Waals surface area contributed by atoms with Crippen molar-refractivity contribution in [2.75, 3.05) is 0 Å². The van der Waals surface area contributed by atoms with E-state index in [1.165, 1.54) is 5.56 Å². The molecule has 3 heteroatoms. The third-order valence-corrected chi connectivity index (χ3v) is 5.86. The molecule has 2 atom stereocenters. The number of ether oxygens (including phenoxy) is 1. The third-order valence-electron chi connectivity index (χ3n) is 2.39. The van der Waals surface area contributed by atoms with Gasteiger partial charge in [-0.25, -0.2) is 0 Å². The second-order valence-corrected chi connectivity index (χ2v) is 8.48. The molecule has 1 nitrogen and oxygen atoms in total. The van der Waals surface area contributed by atoms with Gasteiger partial charge < -0.3 is 4.74 Å². The fraction of sp³-hybridized carbons (Fsp3) is 0.600. The predicted octanol–water partition coefficient (Wildman–Crippen LogP) is 5.68. The van der Waals surface area contributed by atoms with Crippen molar-refractivity contribution in [1.29, 1.82) is 0 Å². The van der Waals surface area contributed by atoms with Crippen molar-refractivity contribution < 1.29 is 4.74 Å². The molecule has 0 heterocycles. The van der Waals surface area contributed by atoms with E-state index in [4.69, 9.17) is 4.74 Å². The highest BCUT2D eigenvalue weighted by molar-refractivity contribution is 8.77. The summed E-state index contributed by atoms with van der Waals surface area (Å²) in [6.07, 6.45) is 1.34. The topological polar surface area (TPSA) is 9.23 Å². The molecule has 0 spiro atoms. The van der Waals surface area contributed by atoms with Crippen LogP contribution in [-0.2, 0) is 4.74 Å². The van der Waals surface area contributed by atoms with Crippen LogP contribution in [0.3, 0.4) is 0 Å². The summed E-state index contributed by atoms with van der Waals surface area (Å²) < 4.78 is 6.37. The fourth-order valence-corrected chi connectivity index (χ4v) is 3.74. The van der Waals surface area contributed by atoms with Gasteiger partial charge in [-0.05, 0) is 18.9 Å². The van der Waals surface area contributed by atoms with Gasteiger partial charge >= 0.3 is 0 Å². The van der Waals surface area contributed by atoms with Crippen LogP contribution in [0.5, 0.6) is 0 Å². The van der Waals surface area contributed by atoms with Crippen LogP contribution in [0.1, 0.15) is 52.0 Å². The largest absolute Gasteiger partial charge is 0.359 e. The SMILES string of the molecule is CCC(C)OC(SSC(C)(C)C)c1ccccc1. The molecule has 1 aromatic rings. The van der Waals surface area contributed by atoms with Gasteiger partial charge in [0.05, 0.1) is 6.10 Å². The molecule has 0 aliphatic rings. The van der Waals surface area contributed by atoms with Crippen molar-refractivity contribution >= 4 is 21.6 Å². The Kier molecular flexibility index (Phi) is 6.61. The van der Waals surface area contributed by atoms with Crippen molar-refractivity contribution in [3.63, 3.8) is 0 Å². The first kappa shape index (κ1) is 15.9. The highest BCUT2D eigenvalue weighted by Gasteiger charge is 2.20. The standard InChI is InChI=1S/C15H24OS2/c1-6-12(2)16-14(17-18-15(3,4)5)13-10-8-7-9-11-13/h7-12,14H,6H2,1-5H3. The third kappa shape index (κ3) is 6.17. The second-order valence-electron chi connectivity index (χ2n) is 5.39. The van der Waals surface area contributed by atoms with Crippen molar-refractivity contribution in [2.24, 2.45) is 0 Å². The molecule has 2 unspecified atom stereocenters. The Bertz CT molecular complexity index is 332. The summed E-state index contributed by atoms with van der Waals surface area (Å²) in [5.41, 5.74) is 1.37. The summed E-state index contributed by atoms with van der Waals surface area (Å²) >= 11 is 0. The van der Waals surface area contributed by atoms with Crippen LogP contribution in [0.15, 0.2) is 30.3 Å². The van der Waals surface area contributed by atoms with E-state index in [2.05, 4.69) is 58.9 Å². The van der Waals surface area contributed by atoms with E-state index in [0.717, 1.165) is 6.42 Å². The van der Waals surface area contributed by atoms with Gasteiger partial charge in [0.1, 0.15) is 5.44 Å². The fourth-order valence-electron chi connectivity index (χ4n) is 1.26. The molecule has 18 heavy (non-hydrogen) atoms. The van der Waals surface area contributed by atoms with E-state index in [9.17, 15) is 0 Å². The number of hydrogen-bond acceptors (Lipinski definition) is 3. The minimum atomic E-state index is 0.116. The minimum absolute atomic E-state index is 0.116. The lowest BCUT2D eigenvalue weighted by atomic mass is 10.2. The van der Waals surface area contributed by atoms with Crippen LogP contribution >= 0.6 is 21.6 Å². The molecule has 102 valence electrons. The number of rotatable bonds is 6. The lowest BCUT2D eigenvalue weighted by Gasteiger charge is -2.25. The van der Waals surface area contributed by atoms with E-state index in [1.807, 2.05) is 27.7 Å². The van der Waals surface area contributed by atoms with Crippen molar-refractivity contribution in [3.05, 3.63) is 35.9 Å². The van der Waals surface area contributed by atoms with Gasteiger partial charge in [-0.3, -0.25) is 0 Å². The van der Waals surface area contributed by atoms with E-state index in [1.54, 1.807) is 0 Å². The monoisotopic (exact) mass is 284 g/mol. The van der Waals surface area contributed by atoms with Gasteiger partial charge in [0, 0.05) is 4.75 Å². The highest BCUT2D eigenvalue weighted by atomic mass is 33.1. The molecular formula is C15H24OS2. The molecule has 0 N–H and O–H groups in total. The zero-order valence-electron chi connectivity index (χ0n) is 12.0. The molecular weight excluding hydrogens is 260 g/mol. The van der Waals surface area contributed by atoms with Crippen molar-refractivity contribution in [1.82, 2.24) is 0 Å². The van der Waals surface area contributed by atoms with Gasteiger partial charge in [-0.15, -0.1) is 0 Å². The highest BCUT2D eigenvalue weighted by Crippen LogP contribution is 2.45. The summed E-state index contributed by atoms with van der Waals surface area (Å²) in [5.74, 6) is 0. The first-order chi connectivity index (χ1) is 8.42. The molecule has 0 aromatic heterocycles. The summed E-state index contributed by atoms with van der Waals surface area (Å²) in [6, 6.07) is 10.5. The smallest absolute Gasteiger partial charge is 0.138 e. The number of benzene rings is 1. The molecule has 0 aliphatic carbocycles. The van der Waals surface area contributed by atoms with Gasteiger partial charge in [0.2, 0.25) is 0 Å². The van der Waals surface area contributed by atoms with Crippen LogP contribution in [0.25, 0.3) is 0 Å². The van der Waals surface area contributed by atoms with Crippen molar-refractivity contribution in [2.45, 2.75) is 57.3 Å². The zero-order chi connectivity index (χ0) is 13.6. The maximum Gasteiger partial charge on any atom is 0.138 e. The molecule has 0 amide bonds. The van der Waals surface area contributed by atoms with Crippen LogP contribution in [-0.4, -0.2) is 10.9 Å². The lowest BCUT2D eigenvalue weighted by Crippen LogP contribution is -2.12. The van der Waals surface area contributed by atoms with Gasteiger partial charge in [0.25, 0.3) is 0 Å². The Morgan fingerprint density at radius 3 is 2.28 bits per heavy atom.